The Morgan fingerprint density at radius 3 is 2.32 bits per heavy atom. The molecule has 28 heavy (non-hydrogen) atoms. The Morgan fingerprint density at radius 2 is 1.68 bits per heavy atom. The number of rotatable bonds is 8. The number of methoxy groups -OCH3 is 1. The molecule has 0 unspecified atom stereocenters. The largest absolute Gasteiger partial charge is 0.497 e. The van der Waals surface area contributed by atoms with Gasteiger partial charge in [0.2, 0.25) is 5.91 Å². The third kappa shape index (κ3) is 5.91. The van der Waals surface area contributed by atoms with Crippen molar-refractivity contribution in [3.63, 3.8) is 0 Å². The third-order valence-corrected chi connectivity index (χ3v) is 5.18. The van der Waals surface area contributed by atoms with Crippen LogP contribution in [0.15, 0.2) is 48.5 Å². The standard InChI is InChI=1S/C23H30N2O3/c1-18-13-15-25(16-14-18)20-7-5-19(6-8-20)24-23(26)4-3-17-28-22-11-9-21(27-2)10-12-22/h5-12,18H,3-4,13-17H2,1-2H3,(H,24,26). The first kappa shape index (κ1) is 20.1. The van der Waals surface area contributed by atoms with Gasteiger partial charge in [0.1, 0.15) is 11.5 Å². The number of anilines is 2. The molecule has 2 aromatic rings. The van der Waals surface area contributed by atoms with E-state index in [1.54, 1.807) is 7.11 Å². The van der Waals surface area contributed by atoms with Crippen molar-refractivity contribution < 1.29 is 14.3 Å². The molecule has 2 aromatic carbocycles. The zero-order chi connectivity index (χ0) is 19.8. The summed E-state index contributed by atoms with van der Waals surface area (Å²) in [5.41, 5.74) is 2.08. The Kier molecular flexibility index (Phi) is 7.18. The summed E-state index contributed by atoms with van der Waals surface area (Å²) < 4.78 is 10.8. The van der Waals surface area contributed by atoms with Crippen molar-refractivity contribution in [3.05, 3.63) is 48.5 Å². The maximum Gasteiger partial charge on any atom is 0.224 e. The lowest BCUT2D eigenvalue weighted by Crippen LogP contribution is -2.32. The molecule has 0 radical (unpaired) electrons. The van der Waals surface area contributed by atoms with Crippen LogP contribution in [0, 0.1) is 5.92 Å². The molecule has 1 saturated heterocycles. The van der Waals surface area contributed by atoms with Crippen LogP contribution in [0.3, 0.4) is 0 Å². The molecule has 1 N–H and O–H groups in total. The van der Waals surface area contributed by atoms with Crippen LogP contribution in [-0.2, 0) is 4.79 Å². The van der Waals surface area contributed by atoms with E-state index in [1.807, 2.05) is 36.4 Å². The molecule has 5 nitrogen and oxygen atoms in total. The minimum Gasteiger partial charge on any atom is -0.497 e. The van der Waals surface area contributed by atoms with Crippen LogP contribution in [0.1, 0.15) is 32.6 Å². The van der Waals surface area contributed by atoms with Gasteiger partial charge in [-0.2, -0.15) is 0 Å². The number of nitrogens with one attached hydrogen (secondary N) is 1. The van der Waals surface area contributed by atoms with Gasteiger partial charge in [0.25, 0.3) is 0 Å². The Bertz CT molecular complexity index is 735. The molecule has 0 bridgehead atoms. The number of piperidine rings is 1. The second-order valence-corrected chi connectivity index (χ2v) is 7.39. The molecule has 0 atom stereocenters. The van der Waals surface area contributed by atoms with Gasteiger partial charge in [0, 0.05) is 30.9 Å². The number of nitrogens with zero attached hydrogens (tertiary/aromatic N) is 1. The van der Waals surface area contributed by atoms with E-state index >= 15 is 0 Å². The van der Waals surface area contributed by atoms with Crippen molar-refractivity contribution in [2.75, 3.05) is 37.0 Å². The second kappa shape index (κ2) is 10.0. The van der Waals surface area contributed by atoms with Crippen molar-refractivity contribution in [1.82, 2.24) is 0 Å². The van der Waals surface area contributed by atoms with Gasteiger partial charge in [-0.25, -0.2) is 0 Å². The maximum absolute atomic E-state index is 12.1. The lowest BCUT2D eigenvalue weighted by atomic mass is 9.99. The summed E-state index contributed by atoms with van der Waals surface area (Å²) in [4.78, 5) is 14.6. The first-order valence-electron chi connectivity index (χ1n) is 10.1. The molecular weight excluding hydrogens is 352 g/mol. The van der Waals surface area contributed by atoms with Crippen LogP contribution in [0.4, 0.5) is 11.4 Å². The summed E-state index contributed by atoms with van der Waals surface area (Å²) in [7, 11) is 1.64. The zero-order valence-electron chi connectivity index (χ0n) is 16.8. The van der Waals surface area contributed by atoms with E-state index in [0.717, 1.165) is 36.2 Å². The molecule has 5 heteroatoms. The van der Waals surface area contributed by atoms with Gasteiger partial charge in [-0.3, -0.25) is 4.79 Å². The molecular formula is C23H30N2O3. The molecule has 1 heterocycles. The zero-order valence-corrected chi connectivity index (χ0v) is 16.8. The van der Waals surface area contributed by atoms with E-state index in [4.69, 9.17) is 9.47 Å². The summed E-state index contributed by atoms with van der Waals surface area (Å²) in [6.45, 7) is 5.05. The Morgan fingerprint density at radius 1 is 1.04 bits per heavy atom. The fourth-order valence-corrected chi connectivity index (χ4v) is 3.34. The molecule has 0 aromatic heterocycles. The highest BCUT2D eigenvalue weighted by molar-refractivity contribution is 5.90. The molecule has 0 saturated carbocycles. The molecule has 150 valence electrons. The lowest BCUT2D eigenvalue weighted by Gasteiger charge is -2.32. The molecule has 0 aliphatic carbocycles. The van der Waals surface area contributed by atoms with E-state index in [9.17, 15) is 4.79 Å². The summed E-state index contributed by atoms with van der Waals surface area (Å²) in [6, 6.07) is 15.6. The number of hydrogen-bond acceptors (Lipinski definition) is 4. The second-order valence-electron chi connectivity index (χ2n) is 7.39. The normalized spacial score (nSPS) is 14.6. The van der Waals surface area contributed by atoms with E-state index in [0.29, 0.717) is 19.4 Å². The Balaban J connectivity index is 1.37. The van der Waals surface area contributed by atoms with Gasteiger partial charge in [-0.1, -0.05) is 6.92 Å². The summed E-state index contributed by atoms with van der Waals surface area (Å²) >= 11 is 0. The first-order valence-corrected chi connectivity index (χ1v) is 10.1. The first-order chi connectivity index (χ1) is 13.6. The van der Waals surface area contributed by atoms with Crippen LogP contribution in [-0.4, -0.2) is 32.7 Å². The van der Waals surface area contributed by atoms with Crippen LogP contribution in [0.25, 0.3) is 0 Å². The number of carbonyl (C=O) groups excluding carboxylic acids is 1. The highest BCUT2D eigenvalue weighted by Crippen LogP contribution is 2.24. The monoisotopic (exact) mass is 382 g/mol. The van der Waals surface area contributed by atoms with E-state index in [2.05, 4.69) is 29.3 Å². The smallest absolute Gasteiger partial charge is 0.224 e. The van der Waals surface area contributed by atoms with Crippen molar-refractivity contribution >= 4 is 17.3 Å². The maximum atomic E-state index is 12.1. The van der Waals surface area contributed by atoms with Crippen LogP contribution in [0.5, 0.6) is 11.5 Å². The fraction of sp³-hybridized carbons (Fsp3) is 0.435. The quantitative estimate of drug-likeness (QED) is 0.671. The van der Waals surface area contributed by atoms with E-state index in [-0.39, 0.29) is 5.91 Å². The number of benzene rings is 2. The van der Waals surface area contributed by atoms with Gasteiger partial charge >= 0.3 is 0 Å². The van der Waals surface area contributed by atoms with E-state index in [1.165, 1.54) is 18.5 Å². The van der Waals surface area contributed by atoms with Gasteiger partial charge in [-0.05, 0) is 73.7 Å². The van der Waals surface area contributed by atoms with Gasteiger partial charge in [-0.15, -0.1) is 0 Å². The van der Waals surface area contributed by atoms with Gasteiger partial charge < -0.3 is 19.7 Å². The lowest BCUT2D eigenvalue weighted by molar-refractivity contribution is -0.116. The van der Waals surface area contributed by atoms with Crippen molar-refractivity contribution in [1.29, 1.82) is 0 Å². The van der Waals surface area contributed by atoms with Crippen molar-refractivity contribution in [3.8, 4) is 11.5 Å². The van der Waals surface area contributed by atoms with Gasteiger partial charge in [0.15, 0.2) is 0 Å². The predicted octanol–water partition coefficient (Wildman–Crippen LogP) is 4.73. The highest BCUT2D eigenvalue weighted by Gasteiger charge is 2.15. The average molecular weight is 383 g/mol. The molecule has 3 rings (SSSR count). The number of hydrogen-bond donors (Lipinski definition) is 1. The minimum atomic E-state index is 0.0119. The van der Waals surface area contributed by atoms with Crippen molar-refractivity contribution in [2.24, 2.45) is 5.92 Å². The Labute approximate surface area is 167 Å². The van der Waals surface area contributed by atoms with Crippen molar-refractivity contribution in [2.45, 2.75) is 32.6 Å². The molecule has 1 aliphatic heterocycles. The SMILES string of the molecule is COc1ccc(OCCCC(=O)Nc2ccc(N3CCC(C)CC3)cc2)cc1. The van der Waals surface area contributed by atoms with Gasteiger partial charge in [0.05, 0.1) is 13.7 Å². The summed E-state index contributed by atoms with van der Waals surface area (Å²) in [6.07, 6.45) is 3.60. The molecule has 0 spiro atoms. The average Bonchev–Trinajstić information content (AvgIpc) is 2.73. The van der Waals surface area contributed by atoms with Crippen LogP contribution in [0.2, 0.25) is 0 Å². The number of ether oxygens (including phenoxy) is 2. The summed E-state index contributed by atoms with van der Waals surface area (Å²) in [5, 5.41) is 2.96. The highest BCUT2D eigenvalue weighted by atomic mass is 16.5. The number of amides is 1. The minimum absolute atomic E-state index is 0.0119. The van der Waals surface area contributed by atoms with Crippen LogP contribution < -0.4 is 19.7 Å². The topological polar surface area (TPSA) is 50.8 Å². The number of carbonyl (C=O) groups is 1. The molecule has 1 aliphatic rings. The predicted molar refractivity (Wildman–Crippen MR) is 113 cm³/mol. The Hall–Kier alpha value is -2.69. The van der Waals surface area contributed by atoms with Crippen LogP contribution >= 0.6 is 0 Å². The fourth-order valence-electron chi connectivity index (χ4n) is 3.34. The third-order valence-electron chi connectivity index (χ3n) is 5.18. The summed E-state index contributed by atoms with van der Waals surface area (Å²) in [5.74, 6) is 2.41. The molecule has 1 amide bonds. The molecule has 1 fully saturated rings. The van der Waals surface area contributed by atoms with E-state index < -0.39 is 0 Å².